The summed E-state index contributed by atoms with van der Waals surface area (Å²) in [6.07, 6.45) is 0. The van der Waals surface area contributed by atoms with E-state index in [1.165, 1.54) is 0 Å². The van der Waals surface area contributed by atoms with Gasteiger partial charge in [-0.15, -0.1) is 0 Å². The molecule has 1 unspecified atom stereocenters. The molecule has 0 aromatic carbocycles. The highest BCUT2D eigenvalue weighted by molar-refractivity contribution is 7.88. The second kappa shape index (κ2) is 2.31. The van der Waals surface area contributed by atoms with E-state index >= 15 is 0 Å². The summed E-state index contributed by atoms with van der Waals surface area (Å²) in [5.74, 6) is -0.0505. The van der Waals surface area contributed by atoms with E-state index in [-0.39, 0.29) is 11.7 Å². The predicted octanol–water partition coefficient (Wildman–Crippen LogP) is -0.274. The van der Waals surface area contributed by atoms with Gasteiger partial charge in [0, 0.05) is 11.1 Å². The summed E-state index contributed by atoms with van der Waals surface area (Å²) in [6.45, 7) is 1.72. The molecule has 9 heavy (non-hydrogen) atoms. The van der Waals surface area contributed by atoms with E-state index in [0.717, 1.165) is 0 Å². The summed E-state index contributed by atoms with van der Waals surface area (Å²) in [5, 5.41) is 4.08. The highest BCUT2D eigenvalue weighted by Gasteiger charge is 2.11. The molecule has 1 N–H and O–H groups in total. The number of allylic oxidation sites excluding steroid dienone is 1. The fourth-order valence-corrected chi connectivity index (χ4v) is 1.52. The smallest absolute Gasteiger partial charge is 0.237 e. The van der Waals surface area contributed by atoms with E-state index in [1.807, 2.05) is 0 Å². The van der Waals surface area contributed by atoms with Crippen molar-refractivity contribution >= 4 is 16.7 Å². The zero-order valence-corrected chi connectivity index (χ0v) is 5.83. The van der Waals surface area contributed by atoms with Crippen molar-refractivity contribution in [3.8, 4) is 0 Å². The average molecular weight is 145 g/mol. The molecule has 1 atom stereocenters. The maximum Gasteiger partial charge on any atom is 0.237 e. The quantitative estimate of drug-likeness (QED) is 0.510. The van der Waals surface area contributed by atoms with Crippen molar-refractivity contribution in [3.63, 3.8) is 0 Å². The first-order chi connectivity index (χ1) is 4.18. The molecular weight excluding hydrogens is 138 g/mol. The molecule has 0 aromatic heterocycles. The molecule has 0 fully saturated rings. The third-order valence-electron chi connectivity index (χ3n) is 0.918. The minimum absolute atomic E-state index is 0.108. The zero-order chi connectivity index (χ0) is 6.85. The summed E-state index contributed by atoms with van der Waals surface area (Å²) in [5.41, 5.74) is 0.685. The summed E-state index contributed by atoms with van der Waals surface area (Å²) in [7, 11) is -1.07. The lowest BCUT2D eigenvalue weighted by Crippen LogP contribution is -2.30. The molecule has 4 heteroatoms. The maximum absolute atomic E-state index is 10.7. The molecular formula is C5H7NO2S. The molecule has 1 amide bonds. The number of rotatable bonds is 0. The number of amides is 1. The third-order valence-corrected chi connectivity index (χ3v) is 2.08. The van der Waals surface area contributed by atoms with Crippen LogP contribution in [0.5, 0.6) is 0 Å². The van der Waals surface area contributed by atoms with Crippen LogP contribution in [0.3, 0.4) is 0 Å². The van der Waals surface area contributed by atoms with Crippen LogP contribution in [0.25, 0.3) is 0 Å². The van der Waals surface area contributed by atoms with Gasteiger partial charge in [-0.1, -0.05) is 0 Å². The molecule has 0 radical (unpaired) electrons. The normalized spacial score (nSPS) is 27.0. The lowest BCUT2D eigenvalue weighted by molar-refractivity contribution is -0.117. The lowest BCUT2D eigenvalue weighted by Gasteiger charge is -2.08. The lowest BCUT2D eigenvalue weighted by atomic mass is 10.5. The minimum Gasteiger partial charge on any atom is -0.329 e. The highest BCUT2D eigenvalue weighted by atomic mass is 32.2. The molecule has 0 bridgehead atoms. The Bertz CT molecular complexity index is 197. The van der Waals surface area contributed by atoms with E-state index in [0.29, 0.717) is 5.70 Å². The monoisotopic (exact) mass is 145 g/mol. The second-order valence-electron chi connectivity index (χ2n) is 1.87. The first-order valence-electron chi connectivity index (χ1n) is 2.54. The van der Waals surface area contributed by atoms with Gasteiger partial charge in [0.15, 0.2) is 0 Å². The molecule has 3 nitrogen and oxygen atoms in total. The molecule has 50 valence electrons. The Hall–Kier alpha value is -0.640. The van der Waals surface area contributed by atoms with Crippen LogP contribution in [0.4, 0.5) is 0 Å². The number of hydrogen-bond acceptors (Lipinski definition) is 2. The van der Waals surface area contributed by atoms with Crippen molar-refractivity contribution in [1.29, 1.82) is 0 Å². The SMILES string of the molecule is CC1=CS(=O)CC(=O)N1. The third kappa shape index (κ3) is 1.64. The standard InChI is InChI=1S/C5H7NO2S/c1-4-2-9(8)3-5(7)6-4/h2H,3H2,1H3,(H,6,7). The summed E-state index contributed by atoms with van der Waals surface area (Å²) >= 11 is 0. The van der Waals surface area contributed by atoms with E-state index in [2.05, 4.69) is 5.32 Å². The fraction of sp³-hybridized carbons (Fsp3) is 0.400. The summed E-state index contributed by atoms with van der Waals surface area (Å²) in [6, 6.07) is 0. The Balaban J connectivity index is 2.79. The van der Waals surface area contributed by atoms with Gasteiger partial charge in [-0.3, -0.25) is 9.00 Å². The van der Waals surface area contributed by atoms with Crippen LogP contribution < -0.4 is 5.32 Å². The Morgan fingerprint density at radius 3 is 2.89 bits per heavy atom. The minimum atomic E-state index is -1.07. The Morgan fingerprint density at radius 2 is 2.44 bits per heavy atom. The van der Waals surface area contributed by atoms with Gasteiger partial charge in [-0.2, -0.15) is 0 Å². The summed E-state index contributed by atoms with van der Waals surface area (Å²) < 4.78 is 10.7. The van der Waals surface area contributed by atoms with Gasteiger partial charge in [-0.05, 0) is 6.92 Å². The van der Waals surface area contributed by atoms with Crippen LogP contribution in [0.1, 0.15) is 6.92 Å². The highest BCUT2D eigenvalue weighted by Crippen LogP contribution is 1.98. The van der Waals surface area contributed by atoms with Gasteiger partial charge in [0.05, 0.1) is 10.8 Å². The molecule has 0 saturated heterocycles. The first-order valence-corrected chi connectivity index (χ1v) is 3.92. The topological polar surface area (TPSA) is 46.2 Å². The average Bonchev–Trinajstić information content (AvgIpc) is 1.59. The van der Waals surface area contributed by atoms with Crippen molar-refractivity contribution in [2.24, 2.45) is 0 Å². The van der Waals surface area contributed by atoms with E-state index in [4.69, 9.17) is 0 Å². The molecule has 0 spiro atoms. The molecule has 0 saturated carbocycles. The van der Waals surface area contributed by atoms with Crippen LogP contribution >= 0.6 is 0 Å². The van der Waals surface area contributed by atoms with Crippen molar-refractivity contribution in [2.45, 2.75) is 6.92 Å². The van der Waals surface area contributed by atoms with E-state index in [1.54, 1.807) is 12.3 Å². The zero-order valence-electron chi connectivity index (χ0n) is 5.01. The van der Waals surface area contributed by atoms with E-state index < -0.39 is 10.8 Å². The fourth-order valence-electron chi connectivity index (χ4n) is 0.654. The van der Waals surface area contributed by atoms with Crippen LogP contribution in [0.2, 0.25) is 0 Å². The van der Waals surface area contributed by atoms with Gasteiger partial charge in [-0.25, -0.2) is 0 Å². The van der Waals surface area contributed by atoms with Crippen LogP contribution in [0, 0.1) is 0 Å². The van der Waals surface area contributed by atoms with Crippen LogP contribution in [0.15, 0.2) is 11.1 Å². The molecule has 0 aromatic rings. The molecule has 1 aliphatic heterocycles. The Labute approximate surface area is 55.6 Å². The largest absolute Gasteiger partial charge is 0.329 e. The predicted molar refractivity (Wildman–Crippen MR) is 34.9 cm³/mol. The first kappa shape index (κ1) is 6.48. The number of carbonyl (C=O) groups excluding carboxylic acids is 1. The van der Waals surface area contributed by atoms with Gasteiger partial charge in [0.1, 0.15) is 5.75 Å². The van der Waals surface area contributed by atoms with Gasteiger partial charge >= 0.3 is 0 Å². The Morgan fingerprint density at radius 1 is 1.78 bits per heavy atom. The second-order valence-corrected chi connectivity index (χ2v) is 3.16. The van der Waals surface area contributed by atoms with Crippen molar-refractivity contribution in [3.05, 3.63) is 11.1 Å². The van der Waals surface area contributed by atoms with Gasteiger partial charge < -0.3 is 5.32 Å². The molecule has 1 rings (SSSR count). The number of hydrogen-bond donors (Lipinski definition) is 1. The Kier molecular flexibility index (Phi) is 1.66. The van der Waals surface area contributed by atoms with Crippen molar-refractivity contribution < 1.29 is 9.00 Å². The van der Waals surface area contributed by atoms with Crippen LogP contribution in [-0.2, 0) is 15.6 Å². The number of carbonyl (C=O) groups is 1. The summed E-state index contributed by atoms with van der Waals surface area (Å²) in [4.78, 5) is 10.5. The van der Waals surface area contributed by atoms with E-state index in [9.17, 15) is 9.00 Å². The number of nitrogens with one attached hydrogen (secondary N) is 1. The van der Waals surface area contributed by atoms with Gasteiger partial charge in [0.25, 0.3) is 0 Å². The van der Waals surface area contributed by atoms with Crippen molar-refractivity contribution in [2.75, 3.05) is 5.75 Å². The molecule has 1 heterocycles. The van der Waals surface area contributed by atoms with Crippen LogP contribution in [-0.4, -0.2) is 15.9 Å². The van der Waals surface area contributed by atoms with Gasteiger partial charge in [0.2, 0.25) is 5.91 Å². The maximum atomic E-state index is 10.7. The van der Waals surface area contributed by atoms with Crippen molar-refractivity contribution in [1.82, 2.24) is 5.32 Å². The molecule has 0 aliphatic carbocycles. The molecule has 1 aliphatic rings.